The number of hydrogen-bond acceptors (Lipinski definition) is 4. The molecule has 0 aliphatic heterocycles. The molecule has 0 saturated heterocycles. The minimum Gasteiger partial charge on any atom is -0.326 e. The lowest BCUT2D eigenvalue weighted by atomic mass is 10.1. The molecule has 0 spiro atoms. The third kappa shape index (κ3) is 2.64. The maximum Gasteiger partial charge on any atom is 0.257 e. The molecule has 0 saturated carbocycles. The molecule has 2 amide bonds. The molecule has 0 atom stereocenters. The summed E-state index contributed by atoms with van der Waals surface area (Å²) in [5.74, 6) is -0.556. The molecule has 2 aromatic heterocycles. The molecular weight excluding hydrogens is 282 g/mol. The minimum atomic E-state index is -0.321. The van der Waals surface area contributed by atoms with Crippen molar-refractivity contribution in [1.29, 1.82) is 0 Å². The quantitative estimate of drug-likeness (QED) is 0.689. The zero-order chi connectivity index (χ0) is 15.5. The van der Waals surface area contributed by atoms with E-state index in [2.05, 4.69) is 25.8 Å². The Morgan fingerprint density at radius 1 is 1.09 bits per heavy atom. The van der Waals surface area contributed by atoms with Crippen LogP contribution in [0.1, 0.15) is 17.3 Å². The predicted molar refractivity (Wildman–Crippen MR) is 82.6 cm³/mol. The molecule has 0 unspecified atom stereocenters. The minimum absolute atomic E-state index is 0.235. The number of benzene rings is 1. The van der Waals surface area contributed by atoms with E-state index in [4.69, 9.17) is 0 Å². The molecule has 2 heterocycles. The number of carbonyl (C=O) groups excluding carboxylic acids is 2. The molecule has 0 radical (unpaired) electrons. The van der Waals surface area contributed by atoms with E-state index in [1.165, 1.54) is 6.92 Å². The number of aromatic nitrogens is 3. The van der Waals surface area contributed by atoms with Crippen LogP contribution in [-0.4, -0.2) is 27.0 Å². The van der Waals surface area contributed by atoms with Crippen LogP contribution in [0.2, 0.25) is 0 Å². The zero-order valence-electron chi connectivity index (χ0n) is 11.8. The van der Waals surface area contributed by atoms with Crippen molar-refractivity contribution in [2.24, 2.45) is 0 Å². The van der Waals surface area contributed by atoms with Gasteiger partial charge in [-0.15, -0.1) is 0 Å². The lowest BCUT2D eigenvalue weighted by Crippen LogP contribution is -2.16. The van der Waals surface area contributed by atoms with Crippen molar-refractivity contribution < 1.29 is 9.59 Å². The zero-order valence-corrected chi connectivity index (χ0v) is 11.8. The fraction of sp³-hybridized carbons (Fsp3) is 0.0667. The molecule has 7 nitrogen and oxygen atoms in total. The first-order valence-electron chi connectivity index (χ1n) is 6.61. The van der Waals surface area contributed by atoms with Crippen molar-refractivity contribution in [3.05, 3.63) is 48.3 Å². The second-order valence-corrected chi connectivity index (χ2v) is 4.67. The van der Waals surface area contributed by atoms with Gasteiger partial charge < -0.3 is 10.6 Å². The first-order valence-corrected chi connectivity index (χ1v) is 6.61. The molecule has 0 bridgehead atoms. The van der Waals surface area contributed by atoms with E-state index in [9.17, 15) is 9.59 Å². The Bertz CT molecular complexity index is 856. The highest BCUT2D eigenvalue weighted by atomic mass is 16.2. The summed E-state index contributed by atoms with van der Waals surface area (Å²) in [5.41, 5.74) is 2.03. The van der Waals surface area contributed by atoms with Crippen molar-refractivity contribution in [2.45, 2.75) is 6.92 Å². The van der Waals surface area contributed by atoms with Gasteiger partial charge in [-0.3, -0.25) is 14.7 Å². The molecule has 3 rings (SSSR count). The van der Waals surface area contributed by atoms with Gasteiger partial charge in [0.25, 0.3) is 5.91 Å². The van der Waals surface area contributed by atoms with Crippen molar-refractivity contribution in [3.63, 3.8) is 0 Å². The van der Waals surface area contributed by atoms with Gasteiger partial charge in [0, 0.05) is 13.1 Å². The Balaban J connectivity index is 1.92. The Morgan fingerprint density at radius 2 is 1.91 bits per heavy atom. The summed E-state index contributed by atoms with van der Waals surface area (Å²) in [6.07, 6.45) is 3.17. The van der Waals surface area contributed by atoms with Crippen LogP contribution in [0.25, 0.3) is 11.0 Å². The number of amides is 2. The Kier molecular flexibility index (Phi) is 3.53. The number of para-hydroxylation sites is 1. The third-order valence-corrected chi connectivity index (χ3v) is 3.08. The van der Waals surface area contributed by atoms with Gasteiger partial charge in [0.15, 0.2) is 5.65 Å². The Hall–Kier alpha value is -3.22. The molecule has 0 fully saturated rings. The summed E-state index contributed by atoms with van der Waals surface area (Å²) in [6.45, 7) is 1.40. The molecule has 110 valence electrons. The summed E-state index contributed by atoms with van der Waals surface area (Å²) >= 11 is 0. The van der Waals surface area contributed by atoms with Crippen LogP contribution < -0.4 is 10.6 Å². The predicted octanol–water partition coefficient (Wildman–Crippen LogP) is 2.17. The molecule has 3 N–H and O–H groups in total. The fourth-order valence-electron chi connectivity index (χ4n) is 2.13. The molecule has 22 heavy (non-hydrogen) atoms. The maximum atomic E-state index is 12.5. The van der Waals surface area contributed by atoms with Gasteiger partial charge in [0.2, 0.25) is 5.91 Å². The van der Waals surface area contributed by atoms with Crippen LogP contribution in [-0.2, 0) is 4.79 Å². The number of anilines is 2. The topological polar surface area (TPSA) is 99.8 Å². The third-order valence-electron chi connectivity index (χ3n) is 3.08. The normalized spacial score (nSPS) is 10.4. The fourth-order valence-corrected chi connectivity index (χ4v) is 2.13. The summed E-state index contributed by atoms with van der Waals surface area (Å²) < 4.78 is 0. The van der Waals surface area contributed by atoms with Gasteiger partial charge in [-0.25, -0.2) is 4.98 Å². The maximum absolute atomic E-state index is 12.5. The van der Waals surface area contributed by atoms with Crippen LogP contribution >= 0.6 is 0 Å². The van der Waals surface area contributed by atoms with Gasteiger partial charge in [0.1, 0.15) is 0 Å². The van der Waals surface area contributed by atoms with Crippen LogP contribution in [0.15, 0.2) is 42.7 Å². The van der Waals surface area contributed by atoms with Crippen LogP contribution in [0.4, 0.5) is 11.4 Å². The summed E-state index contributed by atoms with van der Waals surface area (Å²) in [7, 11) is 0. The van der Waals surface area contributed by atoms with Crippen LogP contribution in [0.5, 0.6) is 0 Å². The number of rotatable bonds is 3. The number of aromatic amines is 1. The van der Waals surface area contributed by atoms with Gasteiger partial charge >= 0.3 is 0 Å². The highest BCUT2D eigenvalue weighted by Crippen LogP contribution is 2.22. The summed E-state index contributed by atoms with van der Waals surface area (Å²) in [4.78, 5) is 27.8. The lowest BCUT2D eigenvalue weighted by molar-refractivity contribution is -0.114. The highest BCUT2D eigenvalue weighted by Gasteiger charge is 2.13. The molecule has 0 aliphatic rings. The number of nitrogens with one attached hydrogen (secondary N) is 3. The number of pyridine rings is 1. The molecule has 1 aromatic carbocycles. The van der Waals surface area contributed by atoms with Crippen molar-refractivity contribution in [3.8, 4) is 0 Å². The van der Waals surface area contributed by atoms with Crippen LogP contribution in [0.3, 0.4) is 0 Å². The number of H-pyrrole nitrogens is 1. The van der Waals surface area contributed by atoms with Crippen molar-refractivity contribution in [2.75, 3.05) is 10.6 Å². The first-order chi connectivity index (χ1) is 10.6. The van der Waals surface area contributed by atoms with Gasteiger partial charge in [-0.2, -0.15) is 5.10 Å². The van der Waals surface area contributed by atoms with E-state index < -0.39 is 0 Å². The Labute approximate surface area is 125 Å². The average Bonchev–Trinajstić information content (AvgIpc) is 2.96. The SMILES string of the molecule is CC(=O)Nc1ccccc1C(=O)Nc1ccnc2[nH]ncc12. The number of nitrogens with zero attached hydrogens (tertiary/aromatic N) is 2. The standard InChI is InChI=1S/C15H13N5O2/c1-9(21)18-12-5-3-2-4-10(12)15(22)19-13-6-7-16-14-11(13)8-17-20-14/h2-8H,1H3,(H,18,21)(H2,16,17,19,20,22). The molecule has 7 heteroatoms. The number of carbonyl (C=O) groups is 2. The van der Waals surface area contributed by atoms with Gasteiger partial charge in [0.05, 0.1) is 28.5 Å². The summed E-state index contributed by atoms with van der Waals surface area (Å²) in [6, 6.07) is 8.50. The van der Waals surface area contributed by atoms with Crippen molar-refractivity contribution in [1.82, 2.24) is 15.2 Å². The van der Waals surface area contributed by atoms with Crippen molar-refractivity contribution >= 4 is 34.2 Å². The van der Waals surface area contributed by atoms with E-state index in [-0.39, 0.29) is 11.8 Å². The monoisotopic (exact) mass is 295 g/mol. The average molecular weight is 295 g/mol. The second kappa shape index (κ2) is 5.65. The van der Waals surface area contributed by atoms with Gasteiger partial charge in [-0.05, 0) is 18.2 Å². The molecule has 0 aliphatic carbocycles. The van der Waals surface area contributed by atoms with Crippen LogP contribution in [0, 0.1) is 0 Å². The molecule has 3 aromatic rings. The number of hydrogen-bond donors (Lipinski definition) is 3. The van der Waals surface area contributed by atoms with E-state index in [0.717, 1.165) is 0 Å². The smallest absolute Gasteiger partial charge is 0.257 e. The highest BCUT2D eigenvalue weighted by molar-refractivity contribution is 6.12. The largest absolute Gasteiger partial charge is 0.326 e. The Morgan fingerprint density at radius 3 is 2.73 bits per heavy atom. The van der Waals surface area contributed by atoms with Gasteiger partial charge in [-0.1, -0.05) is 12.1 Å². The van der Waals surface area contributed by atoms with E-state index >= 15 is 0 Å². The van der Waals surface area contributed by atoms with E-state index in [0.29, 0.717) is 28.0 Å². The van der Waals surface area contributed by atoms with E-state index in [1.54, 1.807) is 42.7 Å². The number of fused-ring (bicyclic) bond motifs is 1. The molecular formula is C15H13N5O2. The second-order valence-electron chi connectivity index (χ2n) is 4.67. The van der Waals surface area contributed by atoms with E-state index in [1.807, 2.05) is 0 Å². The lowest BCUT2D eigenvalue weighted by Gasteiger charge is -2.10. The first kappa shape index (κ1) is 13.7. The summed E-state index contributed by atoms with van der Waals surface area (Å²) in [5, 5.41) is 12.8.